The van der Waals surface area contributed by atoms with Gasteiger partial charge in [-0.1, -0.05) is 62.2 Å². The lowest BCUT2D eigenvalue weighted by Gasteiger charge is -2.33. The van der Waals surface area contributed by atoms with Gasteiger partial charge in [-0.25, -0.2) is 4.79 Å². The molecule has 2 atom stereocenters. The van der Waals surface area contributed by atoms with Gasteiger partial charge in [0.1, 0.15) is 23.4 Å². The number of amides is 3. The number of ether oxygens (including phenoxy) is 1. The van der Waals surface area contributed by atoms with Crippen molar-refractivity contribution in [3.05, 3.63) is 71.8 Å². The van der Waals surface area contributed by atoms with Crippen molar-refractivity contribution < 1.29 is 24.2 Å². The van der Waals surface area contributed by atoms with Crippen molar-refractivity contribution in [1.29, 1.82) is 0 Å². The third-order valence-corrected chi connectivity index (χ3v) is 6.76. The summed E-state index contributed by atoms with van der Waals surface area (Å²) in [5.41, 5.74) is 1.45. The number of carbonyl (C=O) groups is 3. The smallest absolute Gasteiger partial charge is 0.408 e. The molecule has 2 aromatic carbocycles. The van der Waals surface area contributed by atoms with Crippen molar-refractivity contribution >= 4 is 24.0 Å². The van der Waals surface area contributed by atoms with Gasteiger partial charge in [0, 0.05) is 19.5 Å². The average molecular weight is 536 g/mol. The Bertz CT molecular complexity index is 1150. The van der Waals surface area contributed by atoms with Gasteiger partial charge in [-0.05, 0) is 68.5 Å². The predicted octanol–water partition coefficient (Wildman–Crippen LogP) is 5.12. The highest BCUT2D eigenvalue weighted by atomic mass is 16.6. The van der Waals surface area contributed by atoms with E-state index < -0.39 is 29.7 Å². The molecule has 2 aromatic rings. The molecule has 1 saturated carbocycles. The van der Waals surface area contributed by atoms with Gasteiger partial charge in [0.05, 0.1) is 0 Å². The van der Waals surface area contributed by atoms with Crippen LogP contribution < -0.4 is 10.6 Å². The van der Waals surface area contributed by atoms with E-state index in [4.69, 9.17) is 4.74 Å². The lowest BCUT2D eigenvalue weighted by atomic mass is 9.94. The molecule has 8 nitrogen and oxygen atoms in total. The lowest BCUT2D eigenvalue weighted by Crippen LogP contribution is -2.53. The fraction of sp³-hybridized carbons (Fsp3) is 0.452. The minimum atomic E-state index is -1.01. The fourth-order valence-corrected chi connectivity index (χ4v) is 4.82. The quantitative estimate of drug-likeness (QED) is 0.413. The number of alkyl carbamates (subject to hydrolysis) is 1. The van der Waals surface area contributed by atoms with E-state index in [1.165, 1.54) is 17.0 Å². The first-order chi connectivity index (χ1) is 18.5. The molecule has 0 aromatic heterocycles. The number of nitrogens with zero attached hydrogens (tertiary/aromatic N) is 1. The Morgan fingerprint density at radius 2 is 1.77 bits per heavy atom. The summed E-state index contributed by atoms with van der Waals surface area (Å²) >= 11 is 0. The molecule has 1 aliphatic rings. The van der Waals surface area contributed by atoms with Crippen LogP contribution in [-0.4, -0.2) is 52.6 Å². The van der Waals surface area contributed by atoms with E-state index in [-0.39, 0.29) is 24.1 Å². The lowest BCUT2D eigenvalue weighted by molar-refractivity contribution is -0.141. The molecule has 0 bridgehead atoms. The highest BCUT2D eigenvalue weighted by molar-refractivity contribution is 5.92. The zero-order valence-corrected chi connectivity index (χ0v) is 23.4. The average Bonchev–Trinajstić information content (AvgIpc) is 2.89. The number of hydrogen-bond donors (Lipinski definition) is 3. The molecule has 3 N–H and O–H groups in total. The summed E-state index contributed by atoms with van der Waals surface area (Å²) in [4.78, 5) is 41.8. The number of nitrogens with one attached hydrogen (secondary N) is 2. The molecule has 8 heteroatoms. The number of carbonyl (C=O) groups excluding carboxylic acids is 3. The number of likely N-dealkylation sites (N-methyl/N-ethyl adjacent to an activating group) is 1. The van der Waals surface area contributed by atoms with Crippen LogP contribution in [0.25, 0.3) is 6.08 Å². The summed E-state index contributed by atoms with van der Waals surface area (Å²) in [7, 11) is 1.58. The van der Waals surface area contributed by atoms with Gasteiger partial charge < -0.3 is 25.4 Å². The number of benzene rings is 2. The normalized spacial score (nSPS) is 15.5. The Hall–Kier alpha value is -3.81. The van der Waals surface area contributed by atoms with Crippen LogP contribution in [0, 0.1) is 0 Å². The monoisotopic (exact) mass is 535 g/mol. The molecule has 1 fully saturated rings. The minimum Gasteiger partial charge on any atom is -0.508 e. The van der Waals surface area contributed by atoms with E-state index in [0.29, 0.717) is 5.56 Å². The van der Waals surface area contributed by atoms with Crippen LogP contribution in [0.2, 0.25) is 0 Å². The van der Waals surface area contributed by atoms with E-state index in [2.05, 4.69) is 17.2 Å². The molecule has 39 heavy (non-hydrogen) atoms. The van der Waals surface area contributed by atoms with E-state index in [9.17, 15) is 19.5 Å². The second-order valence-corrected chi connectivity index (χ2v) is 11.1. The topological polar surface area (TPSA) is 108 Å². The zero-order chi connectivity index (χ0) is 28.6. The van der Waals surface area contributed by atoms with Gasteiger partial charge in [-0.2, -0.15) is 0 Å². The Morgan fingerprint density at radius 1 is 1.10 bits per heavy atom. The molecule has 210 valence electrons. The van der Waals surface area contributed by atoms with Crippen LogP contribution in [0.1, 0.15) is 75.6 Å². The SMILES string of the molecule is C=Cc1cccc(C(C(=O)NC2CCCCC2)N(C)C(=O)C(Cc2ccc(O)cc2)NC(=O)OC(C)(C)C)c1. The molecule has 0 saturated heterocycles. The summed E-state index contributed by atoms with van der Waals surface area (Å²) in [6, 6.07) is 11.9. The standard InChI is InChI=1S/C31H41N3O5/c1-6-21-11-10-12-23(19-21)27(28(36)32-24-13-8-7-9-14-24)34(5)29(37)26(33-30(38)39-31(2,3)4)20-22-15-17-25(35)18-16-22/h6,10-12,15-19,24,26-27,35H,1,7-9,13-14,20H2,2-5H3,(H,32,36)(H,33,38). The maximum atomic E-state index is 14.0. The maximum absolute atomic E-state index is 14.0. The minimum absolute atomic E-state index is 0.0625. The number of aromatic hydroxyl groups is 1. The maximum Gasteiger partial charge on any atom is 0.408 e. The largest absolute Gasteiger partial charge is 0.508 e. The number of phenols is 1. The van der Waals surface area contributed by atoms with Crippen LogP contribution >= 0.6 is 0 Å². The van der Waals surface area contributed by atoms with Crippen molar-refractivity contribution in [1.82, 2.24) is 15.5 Å². The first-order valence-electron chi connectivity index (χ1n) is 13.5. The predicted molar refractivity (Wildman–Crippen MR) is 152 cm³/mol. The van der Waals surface area contributed by atoms with E-state index in [1.54, 1.807) is 46.0 Å². The molecular weight excluding hydrogens is 494 g/mol. The first kappa shape index (κ1) is 29.7. The molecule has 0 aliphatic heterocycles. The van der Waals surface area contributed by atoms with Crippen LogP contribution in [0.5, 0.6) is 5.75 Å². The van der Waals surface area contributed by atoms with Crippen molar-refractivity contribution in [3.8, 4) is 5.75 Å². The third kappa shape index (κ3) is 8.87. The van der Waals surface area contributed by atoms with Crippen LogP contribution in [-0.2, 0) is 20.7 Å². The van der Waals surface area contributed by atoms with E-state index >= 15 is 0 Å². The molecule has 3 amide bonds. The Kier molecular flexibility index (Phi) is 10.2. The molecule has 0 radical (unpaired) electrons. The second kappa shape index (κ2) is 13.3. The fourth-order valence-electron chi connectivity index (χ4n) is 4.82. The van der Waals surface area contributed by atoms with Crippen molar-refractivity contribution in [2.75, 3.05) is 7.05 Å². The van der Waals surface area contributed by atoms with Gasteiger partial charge in [-0.15, -0.1) is 0 Å². The molecule has 0 spiro atoms. The van der Waals surface area contributed by atoms with Crippen LogP contribution in [0.15, 0.2) is 55.1 Å². The van der Waals surface area contributed by atoms with E-state index in [0.717, 1.165) is 43.2 Å². The molecule has 1 aliphatic carbocycles. The summed E-state index contributed by atoms with van der Waals surface area (Å²) in [6.07, 6.45) is 6.20. The molecule has 3 rings (SSSR count). The summed E-state index contributed by atoms with van der Waals surface area (Å²) in [6.45, 7) is 9.06. The number of phenolic OH excluding ortho intramolecular Hbond substituents is 1. The number of hydrogen-bond acceptors (Lipinski definition) is 5. The first-order valence-corrected chi connectivity index (χ1v) is 13.5. The van der Waals surface area contributed by atoms with Crippen molar-refractivity contribution in [2.24, 2.45) is 0 Å². The highest BCUT2D eigenvalue weighted by Crippen LogP contribution is 2.25. The highest BCUT2D eigenvalue weighted by Gasteiger charge is 2.35. The van der Waals surface area contributed by atoms with Gasteiger partial charge >= 0.3 is 6.09 Å². The number of rotatable bonds is 9. The van der Waals surface area contributed by atoms with E-state index in [1.807, 2.05) is 24.3 Å². The zero-order valence-electron chi connectivity index (χ0n) is 23.4. The van der Waals surface area contributed by atoms with Gasteiger partial charge in [0.25, 0.3) is 0 Å². The summed E-state index contributed by atoms with van der Waals surface area (Å²) < 4.78 is 5.43. The molecular formula is C31H41N3O5. The summed E-state index contributed by atoms with van der Waals surface area (Å²) in [5.74, 6) is -0.609. The van der Waals surface area contributed by atoms with Gasteiger partial charge in [0.15, 0.2) is 0 Å². The molecule has 0 heterocycles. The second-order valence-electron chi connectivity index (χ2n) is 11.1. The van der Waals surface area contributed by atoms with Crippen molar-refractivity contribution in [2.45, 2.75) is 83.0 Å². The van der Waals surface area contributed by atoms with Crippen LogP contribution in [0.4, 0.5) is 4.79 Å². The van der Waals surface area contributed by atoms with Gasteiger partial charge in [-0.3, -0.25) is 9.59 Å². The van der Waals surface area contributed by atoms with Crippen molar-refractivity contribution in [3.63, 3.8) is 0 Å². The Morgan fingerprint density at radius 3 is 2.38 bits per heavy atom. The van der Waals surface area contributed by atoms with Gasteiger partial charge in [0.2, 0.25) is 11.8 Å². The Labute approximate surface area is 231 Å². The van der Waals surface area contributed by atoms with Crippen LogP contribution in [0.3, 0.4) is 0 Å². The Balaban J connectivity index is 1.92. The summed E-state index contributed by atoms with van der Waals surface area (Å²) in [5, 5.41) is 15.5. The molecule has 2 unspecified atom stereocenters. The third-order valence-electron chi connectivity index (χ3n) is 6.76.